The van der Waals surface area contributed by atoms with Crippen molar-refractivity contribution in [1.29, 1.82) is 0 Å². The number of pyridine rings is 1. The zero-order valence-electron chi connectivity index (χ0n) is 6.19. The number of aromatic nitrogens is 1. The Morgan fingerprint density at radius 2 is 1.92 bits per heavy atom. The van der Waals surface area contributed by atoms with Gasteiger partial charge in [0, 0.05) is 6.20 Å². The third kappa shape index (κ3) is 1.94. The van der Waals surface area contributed by atoms with Crippen molar-refractivity contribution in [2.24, 2.45) is 0 Å². The van der Waals surface area contributed by atoms with Gasteiger partial charge in [0.1, 0.15) is 0 Å². The standard InChI is InChI=1S/C7H4ClNO4/c8-3-1-4(6(10)11)5(7(12)13)9-2-3/h1-2H,(H,10,11)(H,12,13). The van der Waals surface area contributed by atoms with Gasteiger partial charge in [0.2, 0.25) is 0 Å². The van der Waals surface area contributed by atoms with Crippen LogP contribution in [0.25, 0.3) is 0 Å². The Hall–Kier alpha value is -1.62. The number of halogens is 1. The van der Waals surface area contributed by atoms with Crippen LogP contribution in [0.15, 0.2) is 12.3 Å². The fraction of sp³-hybridized carbons (Fsp3) is 0. The number of hydrogen-bond donors (Lipinski definition) is 2. The topological polar surface area (TPSA) is 87.5 Å². The summed E-state index contributed by atoms with van der Waals surface area (Å²) in [4.78, 5) is 24.4. The molecule has 6 heteroatoms. The first-order valence-electron chi connectivity index (χ1n) is 3.14. The van der Waals surface area contributed by atoms with E-state index in [2.05, 4.69) is 4.98 Å². The smallest absolute Gasteiger partial charge is 0.355 e. The van der Waals surface area contributed by atoms with Crippen LogP contribution in [0.4, 0.5) is 0 Å². The van der Waals surface area contributed by atoms with Gasteiger partial charge in [-0.05, 0) is 6.07 Å². The number of carbonyl (C=O) groups is 2. The molecule has 1 heterocycles. The third-order valence-electron chi connectivity index (χ3n) is 1.29. The molecule has 1 aromatic heterocycles. The lowest BCUT2D eigenvalue weighted by molar-refractivity contribution is 0.0646. The van der Waals surface area contributed by atoms with E-state index in [1.807, 2.05) is 0 Å². The van der Waals surface area contributed by atoms with Gasteiger partial charge in [-0.1, -0.05) is 11.6 Å². The average Bonchev–Trinajstić information content (AvgIpc) is 2.03. The highest BCUT2D eigenvalue weighted by atomic mass is 35.5. The summed E-state index contributed by atoms with van der Waals surface area (Å²) in [6.45, 7) is 0. The lowest BCUT2D eigenvalue weighted by atomic mass is 10.2. The Kier molecular flexibility index (Phi) is 2.48. The highest BCUT2D eigenvalue weighted by molar-refractivity contribution is 6.30. The van der Waals surface area contributed by atoms with E-state index in [-0.39, 0.29) is 5.02 Å². The van der Waals surface area contributed by atoms with Crippen molar-refractivity contribution in [2.45, 2.75) is 0 Å². The van der Waals surface area contributed by atoms with Crippen LogP contribution in [-0.2, 0) is 0 Å². The van der Waals surface area contributed by atoms with E-state index in [9.17, 15) is 9.59 Å². The first-order valence-corrected chi connectivity index (χ1v) is 3.52. The summed E-state index contributed by atoms with van der Waals surface area (Å²) < 4.78 is 0. The Labute approximate surface area is 77.6 Å². The van der Waals surface area contributed by atoms with E-state index in [4.69, 9.17) is 21.8 Å². The molecule has 0 aliphatic rings. The first kappa shape index (κ1) is 9.47. The second-order valence-electron chi connectivity index (χ2n) is 2.16. The van der Waals surface area contributed by atoms with Gasteiger partial charge in [0.15, 0.2) is 5.69 Å². The van der Waals surface area contributed by atoms with E-state index >= 15 is 0 Å². The van der Waals surface area contributed by atoms with E-state index < -0.39 is 23.2 Å². The van der Waals surface area contributed by atoms with Crippen LogP contribution in [0.2, 0.25) is 5.02 Å². The van der Waals surface area contributed by atoms with Crippen LogP contribution in [-0.4, -0.2) is 27.1 Å². The number of hydrogen-bond acceptors (Lipinski definition) is 3. The van der Waals surface area contributed by atoms with Crippen LogP contribution in [0.5, 0.6) is 0 Å². The van der Waals surface area contributed by atoms with Gasteiger partial charge in [-0.15, -0.1) is 0 Å². The largest absolute Gasteiger partial charge is 0.478 e. The molecular formula is C7H4ClNO4. The molecule has 0 amide bonds. The van der Waals surface area contributed by atoms with Gasteiger partial charge in [0.05, 0.1) is 10.6 Å². The van der Waals surface area contributed by atoms with Gasteiger partial charge in [-0.2, -0.15) is 0 Å². The molecule has 0 radical (unpaired) electrons. The van der Waals surface area contributed by atoms with Crippen molar-refractivity contribution in [3.63, 3.8) is 0 Å². The lowest BCUT2D eigenvalue weighted by Gasteiger charge is -1.99. The lowest BCUT2D eigenvalue weighted by Crippen LogP contribution is -2.10. The Morgan fingerprint density at radius 1 is 1.31 bits per heavy atom. The van der Waals surface area contributed by atoms with Crippen molar-refractivity contribution >= 4 is 23.5 Å². The van der Waals surface area contributed by atoms with E-state index in [1.165, 1.54) is 0 Å². The number of aromatic carboxylic acids is 2. The molecule has 0 unspecified atom stereocenters. The molecule has 13 heavy (non-hydrogen) atoms. The van der Waals surface area contributed by atoms with E-state index in [1.54, 1.807) is 0 Å². The van der Waals surface area contributed by atoms with Crippen LogP contribution in [0, 0.1) is 0 Å². The molecule has 68 valence electrons. The third-order valence-corrected chi connectivity index (χ3v) is 1.49. The molecule has 0 atom stereocenters. The SMILES string of the molecule is O=C(O)c1cc(Cl)cnc1C(=O)O. The molecule has 0 aromatic carbocycles. The average molecular weight is 202 g/mol. The maximum Gasteiger partial charge on any atom is 0.355 e. The fourth-order valence-electron chi connectivity index (χ4n) is 0.773. The molecular weight excluding hydrogens is 198 g/mol. The number of carboxylic acids is 2. The molecule has 0 bridgehead atoms. The van der Waals surface area contributed by atoms with Crippen molar-refractivity contribution in [3.8, 4) is 0 Å². The Balaban J connectivity index is 3.35. The number of rotatable bonds is 2. The molecule has 1 rings (SSSR count). The maximum atomic E-state index is 10.5. The Morgan fingerprint density at radius 3 is 2.38 bits per heavy atom. The molecule has 0 fully saturated rings. The molecule has 5 nitrogen and oxygen atoms in total. The summed E-state index contributed by atoms with van der Waals surface area (Å²) in [7, 11) is 0. The summed E-state index contributed by atoms with van der Waals surface area (Å²) in [5.41, 5.74) is -0.933. The predicted octanol–water partition coefficient (Wildman–Crippen LogP) is 1.13. The highest BCUT2D eigenvalue weighted by Crippen LogP contribution is 2.13. The summed E-state index contributed by atoms with van der Waals surface area (Å²) in [6.07, 6.45) is 1.08. The minimum atomic E-state index is -1.39. The van der Waals surface area contributed by atoms with Crippen molar-refractivity contribution < 1.29 is 19.8 Å². The number of nitrogens with zero attached hydrogens (tertiary/aromatic N) is 1. The van der Waals surface area contributed by atoms with Crippen molar-refractivity contribution in [2.75, 3.05) is 0 Å². The van der Waals surface area contributed by atoms with E-state index in [0.717, 1.165) is 12.3 Å². The fourth-order valence-corrected chi connectivity index (χ4v) is 0.931. The minimum Gasteiger partial charge on any atom is -0.478 e. The monoisotopic (exact) mass is 201 g/mol. The zero-order valence-corrected chi connectivity index (χ0v) is 6.95. The second kappa shape index (κ2) is 3.40. The summed E-state index contributed by atoms with van der Waals surface area (Å²) in [5.74, 6) is -2.76. The first-order chi connectivity index (χ1) is 6.02. The predicted molar refractivity (Wildman–Crippen MR) is 43.2 cm³/mol. The number of carboxylic acid groups (broad SMARTS) is 2. The van der Waals surface area contributed by atoms with Crippen molar-refractivity contribution in [3.05, 3.63) is 28.5 Å². The molecule has 0 saturated carbocycles. The maximum absolute atomic E-state index is 10.5. The molecule has 0 spiro atoms. The quantitative estimate of drug-likeness (QED) is 0.749. The van der Waals surface area contributed by atoms with Gasteiger partial charge >= 0.3 is 11.9 Å². The minimum absolute atomic E-state index is 0.0856. The molecule has 0 aliphatic heterocycles. The normalized spacial score (nSPS) is 9.62. The summed E-state index contributed by atoms with van der Waals surface area (Å²) in [6, 6.07) is 1.04. The second-order valence-corrected chi connectivity index (χ2v) is 2.60. The molecule has 0 aliphatic carbocycles. The van der Waals surface area contributed by atoms with E-state index in [0.29, 0.717) is 0 Å². The van der Waals surface area contributed by atoms with Gasteiger partial charge in [0.25, 0.3) is 0 Å². The van der Waals surface area contributed by atoms with Crippen LogP contribution in [0.1, 0.15) is 20.8 Å². The van der Waals surface area contributed by atoms with Crippen molar-refractivity contribution in [1.82, 2.24) is 4.98 Å². The molecule has 1 aromatic rings. The van der Waals surface area contributed by atoms with Crippen LogP contribution in [0.3, 0.4) is 0 Å². The summed E-state index contributed by atoms with van der Waals surface area (Å²) >= 11 is 5.45. The van der Waals surface area contributed by atoms with Crippen LogP contribution >= 0.6 is 11.6 Å². The van der Waals surface area contributed by atoms with Gasteiger partial charge < -0.3 is 10.2 Å². The summed E-state index contributed by atoms with van der Waals surface area (Å²) in [5, 5.41) is 17.2. The van der Waals surface area contributed by atoms with Gasteiger partial charge in [-0.25, -0.2) is 14.6 Å². The zero-order chi connectivity index (χ0) is 10.0. The molecule has 0 saturated heterocycles. The molecule has 2 N–H and O–H groups in total. The van der Waals surface area contributed by atoms with Gasteiger partial charge in [-0.3, -0.25) is 0 Å². The Bertz CT molecular complexity index is 377. The van der Waals surface area contributed by atoms with Crippen LogP contribution < -0.4 is 0 Å². The highest BCUT2D eigenvalue weighted by Gasteiger charge is 2.17.